The largest absolute Gasteiger partial charge is 0.465 e. The number of rotatable bonds is 3. The molecule has 1 fully saturated rings. The highest BCUT2D eigenvalue weighted by molar-refractivity contribution is 6.03. The highest BCUT2D eigenvalue weighted by atomic mass is 16.5. The van der Waals surface area contributed by atoms with E-state index in [0.717, 1.165) is 11.3 Å². The molecular formula is C18H17NO3. The van der Waals surface area contributed by atoms with Crippen LogP contribution in [-0.4, -0.2) is 19.0 Å². The van der Waals surface area contributed by atoms with Gasteiger partial charge in [-0.25, -0.2) is 4.79 Å². The summed E-state index contributed by atoms with van der Waals surface area (Å²) in [6.07, 6.45) is 0. The molecule has 112 valence electrons. The Labute approximate surface area is 129 Å². The van der Waals surface area contributed by atoms with Crippen LogP contribution in [0.25, 0.3) is 0 Å². The molecule has 0 N–H and O–H groups in total. The van der Waals surface area contributed by atoms with Gasteiger partial charge in [-0.1, -0.05) is 37.3 Å². The number of esters is 1. The Kier molecular flexibility index (Phi) is 3.67. The van der Waals surface area contributed by atoms with Gasteiger partial charge in [-0.2, -0.15) is 0 Å². The van der Waals surface area contributed by atoms with E-state index in [4.69, 9.17) is 4.74 Å². The number of β-lactam (4-membered cyclic amide) rings is 1. The van der Waals surface area contributed by atoms with Crippen LogP contribution in [-0.2, 0) is 9.53 Å². The van der Waals surface area contributed by atoms with Crippen molar-refractivity contribution in [3.8, 4) is 0 Å². The normalized spacial score (nSPS) is 20.5. The average Bonchev–Trinajstić information content (AvgIpc) is 2.59. The Bertz CT molecular complexity index is 694. The smallest absolute Gasteiger partial charge is 0.337 e. The molecule has 1 aliphatic rings. The van der Waals surface area contributed by atoms with Crippen LogP contribution in [0.5, 0.6) is 0 Å². The lowest BCUT2D eigenvalue weighted by Gasteiger charge is -2.46. The van der Waals surface area contributed by atoms with Gasteiger partial charge in [-0.05, 0) is 29.8 Å². The lowest BCUT2D eigenvalue weighted by Crippen LogP contribution is -2.54. The molecule has 1 heterocycles. The standard InChI is InChI=1S/C18H17NO3/c1-12-16(13-8-10-14(11-9-13)18(21)22-2)19(17(12)20)15-6-4-3-5-7-15/h3-12,16H,1-2H3/t12-,16+/m1/s1. The van der Waals surface area contributed by atoms with Crippen LogP contribution in [0.15, 0.2) is 54.6 Å². The van der Waals surface area contributed by atoms with Gasteiger partial charge in [-0.3, -0.25) is 4.79 Å². The number of hydrogen-bond donors (Lipinski definition) is 0. The molecule has 4 heteroatoms. The Balaban J connectivity index is 1.89. The van der Waals surface area contributed by atoms with Crippen molar-refractivity contribution >= 4 is 17.6 Å². The Morgan fingerprint density at radius 2 is 1.68 bits per heavy atom. The Morgan fingerprint density at radius 3 is 2.27 bits per heavy atom. The molecule has 2 aromatic carbocycles. The molecule has 0 bridgehead atoms. The predicted octanol–water partition coefficient (Wildman–Crippen LogP) is 3.20. The molecule has 0 unspecified atom stereocenters. The van der Waals surface area contributed by atoms with E-state index >= 15 is 0 Å². The van der Waals surface area contributed by atoms with Gasteiger partial charge in [0.15, 0.2) is 0 Å². The zero-order valence-electron chi connectivity index (χ0n) is 12.5. The van der Waals surface area contributed by atoms with Crippen molar-refractivity contribution in [2.45, 2.75) is 13.0 Å². The van der Waals surface area contributed by atoms with Crippen molar-refractivity contribution in [3.05, 3.63) is 65.7 Å². The summed E-state index contributed by atoms with van der Waals surface area (Å²) in [4.78, 5) is 25.5. The minimum absolute atomic E-state index is 0.00148. The Hall–Kier alpha value is -2.62. The van der Waals surface area contributed by atoms with E-state index in [0.29, 0.717) is 5.56 Å². The van der Waals surface area contributed by atoms with Crippen molar-refractivity contribution in [1.82, 2.24) is 0 Å². The molecule has 4 nitrogen and oxygen atoms in total. The molecule has 22 heavy (non-hydrogen) atoms. The second-order valence-electron chi connectivity index (χ2n) is 5.39. The first-order valence-corrected chi connectivity index (χ1v) is 7.20. The molecule has 0 saturated carbocycles. The first-order valence-electron chi connectivity index (χ1n) is 7.20. The van der Waals surface area contributed by atoms with Crippen molar-refractivity contribution in [2.75, 3.05) is 12.0 Å². The minimum Gasteiger partial charge on any atom is -0.465 e. The van der Waals surface area contributed by atoms with Crippen molar-refractivity contribution in [2.24, 2.45) is 5.92 Å². The summed E-state index contributed by atoms with van der Waals surface area (Å²) in [7, 11) is 1.36. The first kappa shape index (κ1) is 14.3. The van der Waals surface area contributed by atoms with Gasteiger partial charge in [0.2, 0.25) is 5.91 Å². The third kappa shape index (κ3) is 2.26. The number of para-hydroxylation sites is 1. The van der Waals surface area contributed by atoms with Gasteiger partial charge in [0.05, 0.1) is 24.6 Å². The fourth-order valence-corrected chi connectivity index (χ4v) is 2.88. The number of benzene rings is 2. The number of amides is 1. The van der Waals surface area contributed by atoms with E-state index in [9.17, 15) is 9.59 Å². The molecule has 0 radical (unpaired) electrons. The van der Waals surface area contributed by atoms with Crippen molar-refractivity contribution in [1.29, 1.82) is 0 Å². The summed E-state index contributed by atoms with van der Waals surface area (Å²) in [5.41, 5.74) is 2.42. The first-order chi connectivity index (χ1) is 10.6. The number of anilines is 1. The summed E-state index contributed by atoms with van der Waals surface area (Å²) >= 11 is 0. The third-order valence-electron chi connectivity index (χ3n) is 4.09. The Morgan fingerprint density at radius 1 is 1.05 bits per heavy atom. The molecular weight excluding hydrogens is 278 g/mol. The van der Waals surface area contributed by atoms with Crippen LogP contribution >= 0.6 is 0 Å². The van der Waals surface area contributed by atoms with E-state index in [-0.39, 0.29) is 23.8 Å². The number of carbonyl (C=O) groups excluding carboxylic acids is 2. The lowest BCUT2D eigenvalue weighted by molar-refractivity contribution is -0.129. The third-order valence-corrected chi connectivity index (χ3v) is 4.09. The van der Waals surface area contributed by atoms with E-state index in [1.807, 2.05) is 49.4 Å². The number of carbonyl (C=O) groups is 2. The van der Waals surface area contributed by atoms with E-state index in [2.05, 4.69) is 0 Å². The zero-order chi connectivity index (χ0) is 15.7. The maximum Gasteiger partial charge on any atom is 0.337 e. The second-order valence-corrected chi connectivity index (χ2v) is 5.39. The van der Waals surface area contributed by atoms with E-state index in [1.165, 1.54) is 7.11 Å². The quantitative estimate of drug-likeness (QED) is 0.645. The molecule has 2 aromatic rings. The van der Waals surface area contributed by atoms with Crippen molar-refractivity contribution in [3.63, 3.8) is 0 Å². The molecule has 0 aliphatic carbocycles. The van der Waals surface area contributed by atoms with Crippen LogP contribution in [0.2, 0.25) is 0 Å². The second kappa shape index (κ2) is 5.64. The van der Waals surface area contributed by atoms with E-state index in [1.54, 1.807) is 17.0 Å². The van der Waals surface area contributed by atoms with Gasteiger partial charge >= 0.3 is 5.97 Å². The molecule has 1 amide bonds. The van der Waals surface area contributed by atoms with E-state index < -0.39 is 0 Å². The van der Waals surface area contributed by atoms with Gasteiger partial charge in [0.25, 0.3) is 0 Å². The zero-order valence-corrected chi connectivity index (χ0v) is 12.5. The monoisotopic (exact) mass is 295 g/mol. The highest BCUT2D eigenvalue weighted by Crippen LogP contribution is 2.42. The molecule has 0 aromatic heterocycles. The minimum atomic E-state index is -0.357. The summed E-state index contributed by atoms with van der Waals surface area (Å²) in [6.45, 7) is 1.93. The topological polar surface area (TPSA) is 46.6 Å². The number of nitrogens with zero attached hydrogens (tertiary/aromatic N) is 1. The number of hydrogen-bond acceptors (Lipinski definition) is 3. The maximum atomic E-state index is 12.2. The fraction of sp³-hybridized carbons (Fsp3) is 0.222. The summed E-state index contributed by atoms with van der Waals surface area (Å²) in [5, 5.41) is 0. The van der Waals surface area contributed by atoms with Crippen LogP contribution < -0.4 is 4.90 Å². The average molecular weight is 295 g/mol. The predicted molar refractivity (Wildman–Crippen MR) is 83.6 cm³/mol. The van der Waals surface area contributed by atoms with Crippen molar-refractivity contribution < 1.29 is 14.3 Å². The molecule has 0 spiro atoms. The molecule has 1 aliphatic heterocycles. The number of ether oxygens (including phenoxy) is 1. The van der Waals surface area contributed by atoms with Crippen LogP contribution in [0.4, 0.5) is 5.69 Å². The van der Waals surface area contributed by atoms with Crippen LogP contribution in [0.3, 0.4) is 0 Å². The van der Waals surface area contributed by atoms with Gasteiger partial charge in [0, 0.05) is 5.69 Å². The van der Waals surface area contributed by atoms with Gasteiger partial charge in [-0.15, -0.1) is 0 Å². The highest BCUT2D eigenvalue weighted by Gasteiger charge is 2.45. The molecule has 1 saturated heterocycles. The van der Waals surface area contributed by atoms with Crippen LogP contribution in [0.1, 0.15) is 28.9 Å². The van der Waals surface area contributed by atoms with Gasteiger partial charge < -0.3 is 9.64 Å². The summed E-state index contributed by atoms with van der Waals surface area (Å²) in [5.74, 6) is -0.304. The summed E-state index contributed by atoms with van der Waals surface area (Å²) < 4.78 is 4.70. The van der Waals surface area contributed by atoms with Crippen LogP contribution in [0, 0.1) is 5.92 Å². The molecule has 2 atom stereocenters. The molecule has 3 rings (SSSR count). The van der Waals surface area contributed by atoms with Gasteiger partial charge in [0.1, 0.15) is 0 Å². The summed E-state index contributed by atoms with van der Waals surface area (Å²) in [6, 6.07) is 16.9. The SMILES string of the molecule is COC(=O)c1ccc([C@@H]2[C@@H](C)C(=O)N2c2ccccc2)cc1. The fourth-order valence-electron chi connectivity index (χ4n) is 2.88. The lowest BCUT2D eigenvalue weighted by atomic mass is 9.83. The maximum absolute atomic E-state index is 12.2. The number of methoxy groups -OCH3 is 1.